The van der Waals surface area contributed by atoms with Crippen molar-refractivity contribution >= 4 is 29.2 Å². The number of fused-ring (bicyclic) bond motifs is 1. The standard InChI is InChI=1S/C13H18N4O2.C7H10N2O.C3H6.C2H6/c1-7(2)17-11-9(16-13(17)15-3)5-8(12(14)18)6-10(11)19-4;1-3-9-7(5-10)4-6(2)8-9;1-3-2;1-2/h5-7H,1-4H3,(H2,14,18)(H,15,16);4-5H,3H2,1-2H3;3H,1H2,2H3;1-2H3. The maximum Gasteiger partial charge on any atom is 0.248 e. The molecule has 0 radical (unpaired) electrons. The number of nitrogens with one attached hydrogen (secondary N) is 1. The number of methoxy groups -OCH3 is 1. The quantitative estimate of drug-likeness (QED) is 0.385. The first-order chi connectivity index (χ1) is 16.2. The van der Waals surface area contributed by atoms with E-state index >= 15 is 0 Å². The number of amides is 1. The number of imidazole rings is 1. The van der Waals surface area contributed by atoms with Crippen molar-refractivity contribution in [3.8, 4) is 5.75 Å². The van der Waals surface area contributed by atoms with E-state index in [-0.39, 0.29) is 6.04 Å². The van der Waals surface area contributed by atoms with Crippen molar-refractivity contribution in [2.24, 2.45) is 5.73 Å². The molecule has 3 N–H and O–H groups in total. The van der Waals surface area contributed by atoms with Crippen molar-refractivity contribution in [2.45, 2.75) is 61.1 Å². The van der Waals surface area contributed by atoms with Gasteiger partial charge in [-0.25, -0.2) is 4.98 Å². The first kappa shape index (κ1) is 30.4. The number of hydrogen-bond acceptors (Lipinski definition) is 6. The largest absolute Gasteiger partial charge is 0.494 e. The van der Waals surface area contributed by atoms with Crippen LogP contribution in [0.15, 0.2) is 30.9 Å². The summed E-state index contributed by atoms with van der Waals surface area (Å²) in [6.07, 6.45) is 2.57. The van der Waals surface area contributed by atoms with Crippen LogP contribution in [0.3, 0.4) is 0 Å². The Balaban J connectivity index is 0.000000609. The molecule has 0 saturated heterocycles. The lowest BCUT2D eigenvalue weighted by Crippen LogP contribution is -2.11. The summed E-state index contributed by atoms with van der Waals surface area (Å²) in [4.78, 5) is 26.1. The summed E-state index contributed by atoms with van der Waals surface area (Å²) in [5.74, 6) is 0.823. The Morgan fingerprint density at radius 2 is 1.88 bits per heavy atom. The van der Waals surface area contributed by atoms with Gasteiger partial charge in [0.1, 0.15) is 17.0 Å². The lowest BCUT2D eigenvalue weighted by Gasteiger charge is -2.14. The fraction of sp³-hybridized carbons (Fsp3) is 0.440. The molecule has 0 saturated carbocycles. The minimum absolute atomic E-state index is 0.209. The highest BCUT2D eigenvalue weighted by molar-refractivity contribution is 5.98. The van der Waals surface area contributed by atoms with Gasteiger partial charge in [0.15, 0.2) is 6.29 Å². The summed E-state index contributed by atoms with van der Waals surface area (Å²) < 4.78 is 9.08. The van der Waals surface area contributed by atoms with E-state index in [9.17, 15) is 9.59 Å². The number of aldehydes is 1. The van der Waals surface area contributed by atoms with Crippen molar-refractivity contribution in [1.29, 1.82) is 0 Å². The average Bonchev–Trinajstić information content (AvgIpc) is 3.40. The molecule has 3 aromatic rings. The molecule has 2 aromatic heterocycles. The van der Waals surface area contributed by atoms with E-state index in [1.807, 2.05) is 46.2 Å². The summed E-state index contributed by atoms with van der Waals surface area (Å²) in [5, 5.41) is 7.13. The maximum atomic E-state index is 11.3. The fourth-order valence-electron chi connectivity index (χ4n) is 3.09. The van der Waals surface area contributed by atoms with Crippen molar-refractivity contribution in [2.75, 3.05) is 19.5 Å². The number of nitrogens with two attached hydrogens (primary N) is 1. The molecule has 1 aromatic carbocycles. The van der Waals surface area contributed by atoms with Crippen molar-refractivity contribution in [1.82, 2.24) is 19.3 Å². The van der Waals surface area contributed by atoms with E-state index in [0.717, 1.165) is 30.0 Å². The Hall–Kier alpha value is -3.62. The third kappa shape index (κ3) is 7.75. The first-order valence-corrected chi connectivity index (χ1v) is 11.3. The van der Waals surface area contributed by atoms with Crippen LogP contribution in [0.25, 0.3) is 11.0 Å². The van der Waals surface area contributed by atoms with E-state index in [2.05, 4.69) is 35.8 Å². The van der Waals surface area contributed by atoms with Crippen LogP contribution in [0, 0.1) is 6.92 Å². The molecule has 0 aliphatic rings. The zero-order valence-corrected chi connectivity index (χ0v) is 22.0. The molecule has 9 heteroatoms. The van der Waals surface area contributed by atoms with Gasteiger partial charge in [0.25, 0.3) is 0 Å². The zero-order valence-electron chi connectivity index (χ0n) is 22.0. The molecule has 9 nitrogen and oxygen atoms in total. The van der Waals surface area contributed by atoms with E-state index in [4.69, 9.17) is 10.5 Å². The van der Waals surface area contributed by atoms with E-state index in [1.54, 1.807) is 36.1 Å². The van der Waals surface area contributed by atoms with Gasteiger partial charge in [0, 0.05) is 25.2 Å². The summed E-state index contributed by atoms with van der Waals surface area (Å²) >= 11 is 0. The van der Waals surface area contributed by atoms with Crippen LogP contribution in [0.5, 0.6) is 5.75 Å². The van der Waals surface area contributed by atoms with Crippen LogP contribution in [0.4, 0.5) is 5.95 Å². The van der Waals surface area contributed by atoms with E-state index < -0.39 is 5.91 Å². The van der Waals surface area contributed by atoms with Gasteiger partial charge in [-0.15, -0.1) is 6.58 Å². The number of aromatic nitrogens is 4. The van der Waals surface area contributed by atoms with Crippen LogP contribution < -0.4 is 15.8 Å². The monoisotopic (exact) mass is 472 g/mol. The van der Waals surface area contributed by atoms with Crippen LogP contribution in [-0.2, 0) is 6.54 Å². The molecule has 0 aliphatic heterocycles. The van der Waals surface area contributed by atoms with E-state index in [1.165, 1.54) is 0 Å². The number of allylic oxidation sites excluding steroid dienone is 1. The topological polar surface area (TPSA) is 117 Å². The summed E-state index contributed by atoms with van der Waals surface area (Å²) in [5.41, 5.74) is 8.80. The van der Waals surface area contributed by atoms with E-state index in [0.29, 0.717) is 22.5 Å². The highest BCUT2D eigenvalue weighted by Crippen LogP contribution is 2.32. The molecular weight excluding hydrogens is 432 g/mol. The number of anilines is 1. The number of carbonyl (C=O) groups is 2. The van der Waals surface area contributed by atoms with Gasteiger partial charge in [-0.05, 0) is 52.8 Å². The number of rotatable bonds is 6. The zero-order chi connectivity index (χ0) is 26.4. The Kier molecular flexibility index (Phi) is 13.6. The molecule has 0 unspecified atom stereocenters. The number of carbonyl (C=O) groups excluding carboxylic acids is 2. The first-order valence-electron chi connectivity index (χ1n) is 11.3. The lowest BCUT2D eigenvalue weighted by molar-refractivity contribution is 0.0999. The molecule has 0 bridgehead atoms. The van der Waals surface area contributed by atoms with Gasteiger partial charge >= 0.3 is 0 Å². The Morgan fingerprint density at radius 3 is 2.26 bits per heavy atom. The highest BCUT2D eigenvalue weighted by Gasteiger charge is 2.18. The summed E-state index contributed by atoms with van der Waals surface area (Å²) in [6.45, 7) is 18.0. The maximum absolute atomic E-state index is 11.3. The van der Waals surface area contributed by atoms with Crippen LogP contribution in [-0.4, -0.2) is 45.7 Å². The second kappa shape index (κ2) is 15.3. The molecule has 34 heavy (non-hydrogen) atoms. The van der Waals surface area contributed by atoms with Gasteiger partial charge in [0.2, 0.25) is 11.9 Å². The predicted octanol–water partition coefficient (Wildman–Crippen LogP) is 5.01. The number of nitrogens with zero attached hydrogens (tertiary/aromatic N) is 4. The molecule has 188 valence electrons. The molecule has 2 heterocycles. The Labute approximate surface area is 203 Å². The van der Waals surface area contributed by atoms with Crippen molar-refractivity contribution < 1.29 is 14.3 Å². The number of hydrogen-bond donors (Lipinski definition) is 2. The normalized spacial score (nSPS) is 9.59. The number of benzene rings is 1. The Morgan fingerprint density at radius 1 is 1.29 bits per heavy atom. The minimum atomic E-state index is -0.495. The van der Waals surface area contributed by atoms with Gasteiger partial charge in [0.05, 0.1) is 18.3 Å². The predicted molar refractivity (Wildman–Crippen MR) is 140 cm³/mol. The second-order valence-corrected chi connectivity index (χ2v) is 7.11. The van der Waals surface area contributed by atoms with Crippen LogP contribution in [0.2, 0.25) is 0 Å². The molecule has 0 fully saturated rings. The van der Waals surface area contributed by atoms with Crippen molar-refractivity contribution in [3.63, 3.8) is 0 Å². The third-order valence-electron chi connectivity index (χ3n) is 4.35. The van der Waals surface area contributed by atoms with Gasteiger partial charge in [-0.3, -0.25) is 14.3 Å². The van der Waals surface area contributed by atoms with Gasteiger partial charge in [-0.2, -0.15) is 5.10 Å². The van der Waals surface area contributed by atoms with Gasteiger partial charge < -0.3 is 20.4 Å². The molecular formula is C25H40N6O3. The number of primary amides is 1. The number of ether oxygens (including phenoxy) is 1. The number of aryl methyl sites for hydroxylation is 2. The van der Waals surface area contributed by atoms with Gasteiger partial charge in [-0.1, -0.05) is 19.9 Å². The average molecular weight is 473 g/mol. The SMILES string of the molecule is C=CC.CC.CCn1nc(C)cc1C=O.CNc1nc2cc(C(N)=O)cc(OC)c2n1C(C)C. The molecule has 1 amide bonds. The summed E-state index contributed by atoms with van der Waals surface area (Å²) in [6, 6.07) is 5.31. The Bertz CT molecular complexity index is 1070. The lowest BCUT2D eigenvalue weighted by atomic mass is 10.1. The molecule has 0 aliphatic carbocycles. The van der Waals surface area contributed by atoms with Crippen LogP contribution >= 0.6 is 0 Å². The minimum Gasteiger partial charge on any atom is -0.494 e. The second-order valence-electron chi connectivity index (χ2n) is 7.11. The molecule has 3 rings (SSSR count). The smallest absolute Gasteiger partial charge is 0.248 e. The highest BCUT2D eigenvalue weighted by atomic mass is 16.5. The third-order valence-corrected chi connectivity index (χ3v) is 4.35. The molecule has 0 spiro atoms. The summed E-state index contributed by atoms with van der Waals surface area (Å²) in [7, 11) is 3.37. The molecule has 0 atom stereocenters. The fourth-order valence-corrected chi connectivity index (χ4v) is 3.09. The van der Waals surface area contributed by atoms with Crippen molar-refractivity contribution in [3.05, 3.63) is 47.8 Å². The van der Waals surface area contributed by atoms with Crippen LogP contribution in [0.1, 0.15) is 74.1 Å².